The lowest BCUT2D eigenvalue weighted by Gasteiger charge is -2.28. The maximum absolute atomic E-state index is 11.6. The highest BCUT2D eigenvalue weighted by atomic mass is 32.2. The van der Waals surface area contributed by atoms with E-state index in [1.54, 1.807) is 12.1 Å². The fraction of sp³-hybridized carbons (Fsp3) is 0.286. The summed E-state index contributed by atoms with van der Waals surface area (Å²) in [5.74, 6) is 0. The van der Waals surface area contributed by atoms with Crippen molar-refractivity contribution in [3.8, 4) is 12.1 Å². The molecule has 2 rings (SSSR count). The van der Waals surface area contributed by atoms with Crippen LogP contribution in [0.3, 0.4) is 0 Å². The molecule has 23 heavy (non-hydrogen) atoms. The first kappa shape index (κ1) is 17.0. The molecular weight excluding hydrogens is 336 g/mol. The maximum atomic E-state index is 11.6. The largest absolute Gasteiger partial charge is 0.378 e. The Morgan fingerprint density at radius 3 is 2.61 bits per heavy atom. The normalized spacial score (nSPS) is 13.7. The molecule has 0 amide bonds. The lowest BCUT2D eigenvalue weighted by atomic mass is 10.2. The molecule has 0 aromatic carbocycles. The minimum Gasteiger partial charge on any atom is -0.378 e. The molecule has 1 aromatic heterocycles. The Morgan fingerprint density at radius 2 is 2.09 bits per heavy atom. The fourth-order valence-electron chi connectivity index (χ4n) is 2.14. The first-order valence-electron chi connectivity index (χ1n) is 6.55. The van der Waals surface area contributed by atoms with Gasteiger partial charge < -0.3 is 9.64 Å². The van der Waals surface area contributed by atoms with E-state index < -0.39 is 4.92 Å². The van der Waals surface area contributed by atoms with Gasteiger partial charge in [0.1, 0.15) is 27.6 Å². The molecule has 118 valence electrons. The highest BCUT2D eigenvalue weighted by Crippen LogP contribution is 2.48. The number of allylic oxidation sites excluding steroid dienone is 1. The van der Waals surface area contributed by atoms with Crippen molar-refractivity contribution in [3.05, 3.63) is 32.6 Å². The molecule has 0 aliphatic carbocycles. The van der Waals surface area contributed by atoms with Crippen molar-refractivity contribution in [1.82, 2.24) is 0 Å². The molecule has 0 radical (unpaired) electrons. The highest BCUT2D eigenvalue weighted by molar-refractivity contribution is 8.04. The highest BCUT2D eigenvalue weighted by Gasteiger charge is 2.31. The summed E-state index contributed by atoms with van der Waals surface area (Å²) in [4.78, 5) is 13.5. The molecule has 1 aliphatic rings. The topological polar surface area (TPSA) is 103 Å². The predicted molar refractivity (Wildman–Crippen MR) is 89.3 cm³/mol. The second-order valence-corrected chi connectivity index (χ2v) is 6.66. The van der Waals surface area contributed by atoms with E-state index in [0.29, 0.717) is 41.1 Å². The van der Waals surface area contributed by atoms with Crippen molar-refractivity contribution in [3.63, 3.8) is 0 Å². The number of rotatable bonds is 5. The van der Waals surface area contributed by atoms with Gasteiger partial charge in [-0.05, 0) is 11.5 Å². The third kappa shape index (κ3) is 3.71. The fourth-order valence-corrected chi connectivity index (χ4v) is 4.20. The van der Waals surface area contributed by atoms with E-state index in [1.807, 2.05) is 4.90 Å². The minimum atomic E-state index is -0.428. The third-order valence-corrected chi connectivity index (χ3v) is 5.09. The number of morpholine rings is 1. The minimum absolute atomic E-state index is 0.0109. The van der Waals surface area contributed by atoms with Crippen LogP contribution in [0.15, 0.2) is 21.8 Å². The summed E-state index contributed by atoms with van der Waals surface area (Å²) in [5.41, 5.74) is 0.338. The van der Waals surface area contributed by atoms with Gasteiger partial charge in [0, 0.05) is 13.1 Å². The number of thiophene rings is 1. The van der Waals surface area contributed by atoms with Crippen LogP contribution in [0.25, 0.3) is 6.08 Å². The van der Waals surface area contributed by atoms with Crippen LogP contribution in [0.4, 0.5) is 11.4 Å². The van der Waals surface area contributed by atoms with E-state index in [4.69, 9.17) is 15.3 Å². The molecule has 0 N–H and O–H groups in total. The number of nitrogens with zero attached hydrogens (tertiary/aromatic N) is 4. The van der Waals surface area contributed by atoms with E-state index in [1.165, 1.54) is 22.8 Å². The first-order valence-corrected chi connectivity index (χ1v) is 8.25. The van der Waals surface area contributed by atoms with Gasteiger partial charge in [-0.15, -0.1) is 11.3 Å². The van der Waals surface area contributed by atoms with Gasteiger partial charge in [0.15, 0.2) is 0 Å². The number of thioether (sulfide) groups is 1. The Kier molecular flexibility index (Phi) is 5.77. The number of nitro groups is 1. The molecule has 1 aromatic rings. The van der Waals surface area contributed by atoms with Gasteiger partial charge in [0.05, 0.1) is 23.0 Å². The summed E-state index contributed by atoms with van der Waals surface area (Å²) in [7, 11) is 0. The third-order valence-electron chi connectivity index (χ3n) is 3.07. The van der Waals surface area contributed by atoms with Gasteiger partial charge in [0.2, 0.25) is 0 Å². The Hall–Kier alpha value is -2.33. The predicted octanol–water partition coefficient (Wildman–Crippen LogP) is 3.16. The summed E-state index contributed by atoms with van der Waals surface area (Å²) in [6.45, 7) is 5.58. The number of anilines is 1. The van der Waals surface area contributed by atoms with Gasteiger partial charge in [0.25, 0.3) is 0 Å². The van der Waals surface area contributed by atoms with Crippen LogP contribution < -0.4 is 4.90 Å². The SMILES string of the molecule is C=CSc1sc(C=C(C#N)C#N)c(N2CCOCC2)c1[N+](=O)[O-]. The molecular formula is C14H12N4O3S2. The number of nitriles is 2. The van der Waals surface area contributed by atoms with Crippen molar-refractivity contribution >= 4 is 40.5 Å². The molecule has 0 bridgehead atoms. The van der Waals surface area contributed by atoms with E-state index in [2.05, 4.69) is 6.58 Å². The van der Waals surface area contributed by atoms with Crippen LogP contribution in [0.1, 0.15) is 4.88 Å². The molecule has 9 heteroatoms. The van der Waals surface area contributed by atoms with Gasteiger partial charge in [-0.3, -0.25) is 10.1 Å². The first-order chi connectivity index (χ1) is 11.1. The summed E-state index contributed by atoms with van der Waals surface area (Å²) >= 11 is 2.34. The molecule has 2 heterocycles. The van der Waals surface area contributed by atoms with Gasteiger partial charge >= 0.3 is 5.69 Å². The van der Waals surface area contributed by atoms with Crippen molar-refractivity contribution in [2.45, 2.75) is 4.21 Å². The second kappa shape index (κ2) is 7.79. The Balaban J connectivity index is 2.64. The van der Waals surface area contributed by atoms with E-state index in [9.17, 15) is 10.1 Å². The zero-order valence-corrected chi connectivity index (χ0v) is 13.7. The van der Waals surface area contributed by atoms with Crippen LogP contribution in [0.5, 0.6) is 0 Å². The molecule has 0 saturated carbocycles. The molecule has 1 aliphatic heterocycles. The van der Waals surface area contributed by atoms with Gasteiger partial charge in [-0.2, -0.15) is 10.5 Å². The number of hydrogen-bond donors (Lipinski definition) is 0. The molecule has 0 unspecified atom stereocenters. The Morgan fingerprint density at radius 1 is 1.43 bits per heavy atom. The maximum Gasteiger partial charge on any atom is 0.317 e. The van der Waals surface area contributed by atoms with Crippen molar-refractivity contribution in [1.29, 1.82) is 10.5 Å². The van der Waals surface area contributed by atoms with Crippen molar-refractivity contribution in [2.75, 3.05) is 31.2 Å². The summed E-state index contributed by atoms with van der Waals surface area (Å²) in [6, 6.07) is 3.57. The molecule has 0 atom stereocenters. The zero-order valence-electron chi connectivity index (χ0n) is 12.0. The van der Waals surface area contributed by atoms with Gasteiger partial charge in [-0.25, -0.2) is 0 Å². The smallest absolute Gasteiger partial charge is 0.317 e. The van der Waals surface area contributed by atoms with Crippen LogP contribution in [0, 0.1) is 32.8 Å². The standard InChI is InChI=1S/C14H12N4O3S2/c1-2-22-14-13(18(19)20)12(17-3-5-21-6-4-17)11(23-14)7-10(8-15)9-16/h2,7H,1,3-6H2. The van der Waals surface area contributed by atoms with E-state index >= 15 is 0 Å². The number of ether oxygens (including phenoxy) is 1. The van der Waals surface area contributed by atoms with Crippen molar-refractivity contribution in [2.24, 2.45) is 0 Å². The van der Waals surface area contributed by atoms with Crippen LogP contribution in [-0.4, -0.2) is 31.2 Å². The zero-order chi connectivity index (χ0) is 16.8. The average Bonchev–Trinajstić information content (AvgIpc) is 2.92. The average molecular weight is 348 g/mol. The number of hydrogen-bond acceptors (Lipinski definition) is 8. The summed E-state index contributed by atoms with van der Waals surface area (Å²) < 4.78 is 5.77. The molecule has 0 spiro atoms. The van der Waals surface area contributed by atoms with Crippen LogP contribution in [-0.2, 0) is 4.74 Å². The quantitative estimate of drug-likeness (QED) is 0.348. The van der Waals surface area contributed by atoms with E-state index in [-0.39, 0.29) is 11.3 Å². The second-order valence-electron chi connectivity index (χ2n) is 4.37. The van der Waals surface area contributed by atoms with E-state index in [0.717, 1.165) is 11.8 Å². The molecule has 1 saturated heterocycles. The lowest BCUT2D eigenvalue weighted by Crippen LogP contribution is -2.36. The van der Waals surface area contributed by atoms with Crippen LogP contribution in [0.2, 0.25) is 0 Å². The van der Waals surface area contributed by atoms with Crippen LogP contribution >= 0.6 is 23.1 Å². The molecule has 7 nitrogen and oxygen atoms in total. The monoisotopic (exact) mass is 348 g/mol. The Bertz CT molecular complexity index is 720. The molecule has 1 fully saturated rings. The van der Waals surface area contributed by atoms with Crippen molar-refractivity contribution < 1.29 is 9.66 Å². The Labute approximate surface area is 141 Å². The summed E-state index contributed by atoms with van der Waals surface area (Å²) in [6.07, 6.45) is 1.40. The lowest BCUT2D eigenvalue weighted by molar-refractivity contribution is -0.386. The van der Waals surface area contributed by atoms with Gasteiger partial charge in [-0.1, -0.05) is 18.3 Å². The summed E-state index contributed by atoms with van der Waals surface area (Å²) in [5, 5.41) is 31.0.